The van der Waals surface area contributed by atoms with Crippen LogP contribution in [0.15, 0.2) is 0 Å². The second kappa shape index (κ2) is 6.60. The monoisotopic (exact) mass is 378 g/mol. The number of fused-ring (bicyclic) bond motifs is 5. The molecule has 0 aliphatic heterocycles. The van der Waals surface area contributed by atoms with Crippen molar-refractivity contribution in [3.8, 4) is 0 Å². The van der Waals surface area contributed by atoms with Gasteiger partial charge in [0.2, 0.25) is 0 Å². The lowest BCUT2D eigenvalue weighted by Crippen LogP contribution is -2.62. The van der Waals surface area contributed by atoms with Crippen LogP contribution in [0.25, 0.3) is 0 Å². The van der Waals surface area contributed by atoms with Gasteiger partial charge >= 0.3 is 0 Å². The van der Waals surface area contributed by atoms with Crippen LogP contribution in [-0.2, 0) is 0 Å². The smallest absolute Gasteiger partial charge is 0.200 e. The van der Waals surface area contributed by atoms with Gasteiger partial charge < -0.3 is 15.9 Å². The summed E-state index contributed by atoms with van der Waals surface area (Å²) in [5, 5.41) is 29.5. The Balaban J connectivity index is 1.54. The van der Waals surface area contributed by atoms with Crippen LogP contribution in [0.4, 0.5) is 0 Å². The Bertz CT molecular complexity index is 601. The van der Waals surface area contributed by atoms with Crippen molar-refractivity contribution in [3.05, 3.63) is 0 Å². The van der Waals surface area contributed by atoms with E-state index in [0.717, 1.165) is 57.9 Å². The zero-order valence-corrected chi connectivity index (χ0v) is 16.9. The molecule has 4 rings (SSSR count). The number of nitrogens with two attached hydrogens (primary N) is 1. The summed E-state index contributed by atoms with van der Waals surface area (Å²) in [6.45, 7) is 5.49. The van der Waals surface area contributed by atoms with Crippen molar-refractivity contribution >= 4 is 5.96 Å². The maximum absolute atomic E-state index is 12.0. The maximum Gasteiger partial charge on any atom is 0.200 e. The highest BCUT2D eigenvalue weighted by atomic mass is 16.3. The van der Waals surface area contributed by atoms with Crippen molar-refractivity contribution < 1.29 is 10.2 Å². The van der Waals surface area contributed by atoms with Gasteiger partial charge in [0, 0.05) is 12.0 Å². The van der Waals surface area contributed by atoms with Crippen LogP contribution in [0, 0.1) is 39.9 Å². The molecule has 0 unspecified atom stereocenters. The summed E-state index contributed by atoms with van der Waals surface area (Å²) in [5.74, 6) is 1.92. The first kappa shape index (κ1) is 19.5. The molecule has 0 spiro atoms. The van der Waals surface area contributed by atoms with Crippen molar-refractivity contribution in [2.45, 2.75) is 83.3 Å². The minimum absolute atomic E-state index is 0.0668. The highest BCUT2D eigenvalue weighted by Gasteiger charge is 2.66. The molecule has 0 heterocycles. The molecule has 4 fully saturated rings. The molecule has 8 atom stereocenters. The van der Waals surface area contributed by atoms with Crippen LogP contribution < -0.4 is 16.6 Å². The Labute approximate surface area is 163 Å². The largest absolute Gasteiger partial charge is 0.393 e. The van der Waals surface area contributed by atoms with Crippen LogP contribution in [-0.4, -0.2) is 34.4 Å². The van der Waals surface area contributed by atoms with E-state index < -0.39 is 5.60 Å². The maximum atomic E-state index is 12.0. The number of hydrogen-bond donors (Lipinski definition) is 6. The molecule has 4 aliphatic carbocycles. The van der Waals surface area contributed by atoms with E-state index in [1.54, 1.807) is 0 Å². The zero-order valence-electron chi connectivity index (χ0n) is 16.9. The average molecular weight is 379 g/mol. The van der Waals surface area contributed by atoms with Gasteiger partial charge in [-0.15, -0.1) is 0 Å². The number of aliphatic hydroxyl groups excluding tert-OH is 1. The zero-order chi connectivity index (χ0) is 19.4. The van der Waals surface area contributed by atoms with Gasteiger partial charge in [0.25, 0.3) is 0 Å². The Morgan fingerprint density at radius 3 is 2.59 bits per heavy atom. The number of hydrazine groups is 1. The lowest BCUT2D eigenvalue weighted by Gasteiger charge is -2.63. The molecule has 4 saturated carbocycles. The quantitative estimate of drug-likeness (QED) is 0.256. The van der Waals surface area contributed by atoms with Crippen LogP contribution in [0.2, 0.25) is 0 Å². The third-order valence-corrected chi connectivity index (χ3v) is 9.59. The Morgan fingerprint density at radius 1 is 1.07 bits per heavy atom. The van der Waals surface area contributed by atoms with Crippen LogP contribution in [0.3, 0.4) is 0 Å². The molecular weight excluding hydrogens is 340 g/mol. The lowest BCUT2D eigenvalue weighted by molar-refractivity contribution is -0.209. The van der Waals surface area contributed by atoms with E-state index in [0.29, 0.717) is 23.7 Å². The lowest BCUT2D eigenvalue weighted by atomic mass is 9.43. The minimum atomic E-state index is -0.581. The van der Waals surface area contributed by atoms with E-state index in [1.807, 2.05) is 0 Å². The summed E-state index contributed by atoms with van der Waals surface area (Å²) < 4.78 is 0. The predicted octanol–water partition coefficient (Wildman–Crippen LogP) is 2.11. The fourth-order valence-corrected chi connectivity index (χ4v) is 7.91. The van der Waals surface area contributed by atoms with Crippen molar-refractivity contribution in [1.82, 2.24) is 10.9 Å². The van der Waals surface area contributed by atoms with E-state index in [-0.39, 0.29) is 22.9 Å². The number of hydrogen-bond acceptors (Lipinski definition) is 4. The third-order valence-electron chi connectivity index (χ3n) is 9.59. The molecule has 0 aromatic carbocycles. The summed E-state index contributed by atoms with van der Waals surface area (Å²) in [5.41, 5.74) is 10.8. The standard InChI is InChI=1S/C21H38N4O2/c1-19-8-6-15(26)11-13(19)3-4-17-16(19)7-9-20(2)14(5-10-21(17,20)27)12-24-25-18(22)23/h13-17,24,26-27H,3-12H2,1-2H3,(H4,22,23,25)/t13-,14-,15+,16+,17-,19+,20-,21+/m1/s1. The van der Waals surface area contributed by atoms with Crippen molar-refractivity contribution in [3.63, 3.8) is 0 Å². The summed E-state index contributed by atoms with van der Waals surface area (Å²) in [4.78, 5) is 0. The molecule has 0 amide bonds. The Kier molecular flexibility index (Phi) is 4.76. The summed E-state index contributed by atoms with van der Waals surface area (Å²) >= 11 is 0. The Morgan fingerprint density at radius 2 is 1.85 bits per heavy atom. The highest BCUT2D eigenvalue weighted by Crippen LogP contribution is 2.68. The summed E-state index contributed by atoms with van der Waals surface area (Å²) in [6, 6.07) is 0. The van der Waals surface area contributed by atoms with Gasteiger partial charge in [-0.2, -0.15) is 0 Å². The first-order chi connectivity index (χ1) is 12.7. The molecule has 4 aliphatic rings. The molecule has 0 aromatic heterocycles. The van der Waals surface area contributed by atoms with E-state index in [4.69, 9.17) is 11.1 Å². The molecule has 27 heavy (non-hydrogen) atoms. The van der Waals surface area contributed by atoms with Crippen molar-refractivity contribution in [2.24, 2.45) is 40.2 Å². The molecular formula is C21H38N4O2. The summed E-state index contributed by atoms with van der Waals surface area (Å²) in [7, 11) is 0. The average Bonchev–Trinajstić information content (AvgIpc) is 2.87. The molecule has 0 saturated heterocycles. The second-order valence-electron chi connectivity index (χ2n) is 10.5. The Hall–Kier alpha value is -0.850. The fraction of sp³-hybridized carbons (Fsp3) is 0.952. The first-order valence-electron chi connectivity index (χ1n) is 10.9. The number of guanidine groups is 1. The van der Waals surface area contributed by atoms with Gasteiger partial charge in [0.1, 0.15) is 0 Å². The molecule has 0 aromatic rings. The topological polar surface area (TPSA) is 114 Å². The predicted molar refractivity (Wildman–Crippen MR) is 106 cm³/mol. The number of rotatable bonds is 3. The van der Waals surface area contributed by atoms with Crippen molar-refractivity contribution in [2.75, 3.05) is 6.54 Å². The minimum Gasteiger partial charge on any atom is -0.393 e. The van der Waals surface area contributed by atoms with E-state index in [9.17, 15) is 10.2 Å². The van der Waals surface area contributed by atoms with Crippen LogP contribution >= 0.6 is 0 Å². The highest BCUT2D eigenvalue weighted by molar-refractivity contribution is 5.73. The SMILES string of the molecule is C[C@]12CC[C@H](O)C[C@H]1CC[C@@H]1[C@@H]2CC[C@]2(C)[C@@H](CNNC(=N)N)CC[C@]12O. The van der Waals surface area contributed by atoms with E-state index >= 15 is 0 Å². The molecule has 154 valence electrons. The van der Waals surface area contributed by atoms with Gasteiger partial charge in [-0.25, -0.2) is 5.43 Å². The second-order valence-corrected chi connectivity index (χ2v) is 10.5. The first-order valence-corrected chi connectivity index (χ1v) is 10.9. The number of aliphatic hydroxyl groups is 2. The van der Waals surface area contributed by atoms with Crippen molar-refractivity contribution in [1.29, 1.82) is 5.41 Å². The number of nitrogens with one attached hydrogen (secondary N) is 3. The normalized spacial score (nSPS) is 51.8. The summed E-state index contributed by atoms with van der Waals surface area (Å²) in [6.07, 6.45) is 9.33. The van der Waals surface area contributed by atoms with Crippen LogP contribution in [0.5, 0.6) is 0 Å². The van der Waals surface area contributed by atoms with Gasteiger partial charge in [-0.05, 0) is 86.9 Å². The van der Waals surface area contributed by atoms with E-state index in [1.165, 1.54) is 6.42 Å². The van der Waals surface area contributed by atoms with Crippen LogP contribution in [0.1, 0.15) is 71.6 Å². The van der Waals surface area contributed by atoms with Gasteiger partial charge in [-0.3, -0.25) is 10.8 Å². The fourth-order valence-electron chi connectivity index (χ4n) is 7.91. The van der Waals surface area contributed by atoms with Gasteiger partial charge in [0.05, 0.1) is 11.7 Å². The molecule has 7 N–H and O–H groups in total. The molecule has 0 bridgehead atoms. The molecule has 0 radical (unpaired) electrons. The van der Waals surface area contributed by atoms with E-state index in [2.05, 4.69) is 24.7 Å². The van der Waals surface area contributed by atoms with Gasteiger partial charge in [0.15, 0.2) is 5.96 Å². The molecule has 6 nitrogen and oxygen atoms in total. The molecule has 6 heteroatoms. The van der Waals surface area contributed by atoms with Gasteiger partial charge in [-0.1, -0.05) is 13.8 Å². The third kappa shape index (κ3) is 2.82.